The minimum atomic E-state index is -1.51. The number of benzene rings is 2. The number of rotatable bonds is 6. The lowest BCUT2D eigenvalue weighted by molar-refractivity contribution is -0.136. The molecule has 0 radical (unpaired) electrons. The van der Waals surface area contributed by atoms with Gasteiger partial charge in [-0.25, -0.2) is 4.21 Å². The molecule has 26 heavy (non-hydrogen) atoms. The predicted octanol–water partition coefficient (Wildman–Crippen LogP) is 3.78. The van der Waals surface area contributed by atoms with Gasteiger partial charge in [0, 0.05) is 4.90 Å². The Morgan fingerprint density at radius 1 is 1.12 bits per heavy atom. The lowest BCUT2D eigenvalue weighted by Crippen LogP contribution is -2.13. The second-order valence-corrected chi connectivity index (χ2v) is 7.19. The average molecular weight is 370 g/mol. The van der Waals surface area contributed by atoms with Gasteiger partial charge >= 0.3 is 5.97 Å². The van der Waals surface area contributed by atoms with E-state index in [0.717, 1.165) is 5.56 Å². The maximum Gasteiger partial charge on any atom is 0.314 e. The van der Waals surface area contributed by atoms with Crippen LogP contribution in [-0.4, -0.2) is 15.3 Å². The molecule has 0 saturated carbocycles. The van der Waals surface area contributed by atoms with Crippen LogP contribution in [0.1, 0.15) is 23.8 Å². The van der Waals surface area contributed by atoms with Crippen LogP contribution < -0.4 is 4.74 Å². The summed E-state index contributed by atoms with van der Waals surface area (Å²) in [5.41, 5.74) is 1.06. The number of hydrogen-bond acceptors (Lipinski definition) is 5. The lowest BCUT2D eigenvalue weighted by atomic mass is 10.2. The van der Waals surface area contributed by atoms with Crippen LogP contribution in [0.15, 0.2) is 81.1 Å². The van der Waals surface area contributed by atoms with Crippen molar-refractivity contribution >= 4 is 16.8 Å². The Kier molecular flexibility index (Phi) is 5.65. The van der Waals surface area contributed by atoms with Crippen LogP contribution in [0.3, 0.4) is 0 Å². The first-order chi connectivity index (χ1) is 12.5. The molecule has 0 aliphatic heterocycles. The zero-order valence-electron chi connectivity index (χ0n) is 14.1. The summed E-state index contributed by atoms with van der Waals surface area (Å²) < 4.78 is 23.2. The zero-order valence-corrected chi connectivity index (χ0v) is 14.9. The molecule has 134 valence electrons. The summed E-state index contributed by atoms with van der Waals surface area (Å²) in [4.78, 5) is 12.9. The first-order valence-electron chi connectivity index (χ1n) is 8.04. The van der Waals surface area contributed by atoms with E-state index >= 15 is 0 Å². The Hall–Kier alpha value is -2.70. The highest BCUT2D eigenvalue weighted by atomic mass is 32.2. The monoisotopic (exact) mass is 370 g/mol. The average Bonchev–Trinajstić information content (AvgIpc) is 3.12. The molecular formula is C20H18O5S. The fourth-order valence-corrected chi connectivity index (χ4v) is 3.59. The van der Waals surface area contributed by atoms with E-state index in [1.165, 1.54) is 12.3 Å². The van der Waals surface area contributed by atoms with Gasteiger partial charge in [0.05, 0.1) is 28.4 Å². The molecule has 0 aliphatic carbocycles. The highest BCUT2D eigenvalue weighted by Gasteiger charge is 2.24. The second kappa shape index (κ2) is 8.12. The van der Waals surface area contributed by atoms with Crippen molar-refractivity contribution in [3.8, 4) is 5.75 Å². The highest BCUT2D eigenvalue weighted by molar-refractivity contribution is 7.85. The summed E-state index contributed by atoms with van der Waals surface area (Å²) in [7, 11) is -1.51. The standard InChI is InChI=1S/C20H18O5S/c1-14-7-9-16(10-8-14)26(23)18-11-12-24-20(18)17(21)13-19(22)25-15-5-3-2-4-6-15/h2-12,17,21H,13H2,1H3/t17-,26?/m0/s1. The summed E-state index contributed by atoms with van der Waals surface area (Å²) >= 11 is 0. The molecule has 5 nitrogen and oxygen atoms in total. The van der Waals surface area contributed by atoms with Crippen LogP contribution in [0.4, 0.5) is 0 Å². The van der Waals surface area contributed by atoms with Gasteiger partial charge in [0.2, 0.25) is 0 Å². The van der Waals surface area contributed by atoms with Crippen molar-refractivity contribution in [3.05, 3.63) is 78.3 Å². The molecule has 2 atom stereocenters. The van der Waals surface area contributed by atoms with Crippen LogP contribution >= 0.6 is 0 Å². The van der Waals surface area contributed by atoms with E-state index in [2.05, 4.69) is 0 Å². The summed E-state index contributed by atoms with van der Waals surface area (Å²) in [5.74, 6) is -0.103. The Morgan fingerprint density at radius 2 is 1.81 bits per heavy atom. The van der Waals surface area contributed by atoms with Crippen molar-refractivity contribution in [2.24, 2.45) is 0 Å². The quantitative estimate of drug-likeness (QED) is 0.528. The number of carbonyl (C=O) groups excluding carboxylic acids is 1. The Bertz CT molecular complexity index is 899. The molecule has 1 N–H and O–H groups in total. The van der Waals surface area contributed by atoms with Gasteiger partial charge in [0.25, 0.3) is 0 Å². The SMILES string of the molecule is Cc1ccc(S(=O)c2ccoc2[C@@H](O)CC(=O)Oc2ccccc2)cc1. The number of ether oxygens (including phenoxy) is 1. The minimum Gasteiger partial charge on any atom is -0.465 e. The highest BCUT2D eigenvalue weighted by Crippen LogP contribution is 2.28. The largest absolute Gasteiger partial charge is 0.465 e. The molecule has 1 heterocycles. The predicted molar refractivity (Wildman–Crippen MR) is 96.2 cm³/mol. The molecular weight excluding hydrogens is 352 g/mol. The van der Waals surface area contributed by atoms with Gasteiger partial charge < -0.3 is 14.3 Å². The number of esters is 1. The van der Waals surface area contributed by atoms with Gasteiger partial charge in [-0.3, -0.25) is 4.79 Å². The molecule has 6 heteroatoms. The maximum absolute atomic E-state index is 12.7. The summed E-state index contributed by atoms with van der Waals surface area (Å²) in [5, 5.41) is 10.3. The van der Waals surface area contributed by atoms with E-state index < -0.39 is 22.9 Å². The Morgan fingerprint density at radius 3 is 2.50 bits per heavy atom. The van der Waals surface area contributed by atoms with Crippen LogP contribution in [0.5, 0.6) is 5.75 Å². The van der Waals surface area contributed by atoms with Crippen LogP contribution in [0.25, 0.3) is 0 Å². The van der Waals surface area contributed by atoms with E-state index in [0.29, 0.717) is 15.5 Å². The number of aliphatic hydroxyl groups excluding tert-OH is 1. The van der Waals surface area contributed by atoms with E-state index in [9.17, 15) is 14.1 Å². The van der Waals surface area contributed by atoms with Crippen LogP contribution in [-0.2, 0) is 15.6 Å². The summed E-state index contributed by atoms with van der Waals surface area (Å²) in [6, 6.07) is 17.4. The molecule has 0 saturated heterocycles. The van der Waals surface area contributed by atoms with E-state index in [1.54, 1.807) is 36.4 Å². The van der Waals surface area contributed by atoms with Gasteiger partial charge in [-0.05, 0) is 37.3 Å². The van der Waals surface area contributed by atoms with Gasteiger partial charge in [-0.1, -0.05) is 35.9 Å². The maximum atomic E-state index is 12.7. The van der Waals surface area contributed by atoms with Crippen molar-refractivity contribution in [1.82, 2.24) is 0 Å². The van der Waals surface area contributed by atoms with Crippen molar-refractivity contribution in [1.29, 1.82) is 0 Å². The molecule has 2 aromatic carbocycles. The van der Waals surface area contributed by atoms with Crippen LogP contribution in [0.2, 0.25) is 0 Å². The molecule has 0 aliphatic rings. The van der Waals surface area contributed by atoms with Crippen molar-refractivity contribution in [2.45, 2.75) is 29.2 Å². The second-order valence-electron chi connectivity index (χ2n) is 5.74. The minimum absolute atomic E-state index is 0.105. The smallest absolute Gasteiger partial charge is 0.314 e. The molecule has 0 spiro atoms. The molecule has 3 rings (SSSR count). The summed E-state index contributed by atoms with van der Waals surface area (Å²) in [6.45, 7) is 1.94. The third-order valence-electron chi connectivity index (χ3n) is 3.73. The Balaban J connectivity index is 1.72. The van der Waals surface area contributed by atoms with Gasteiger partial charge in [-0.15, -0.1) is 0 Å². The number of aliphatic hydroxyl groups is 1. The molecule has 0 bridgehead atoms. The van der Waals surface area contributed by atoms with Crippen molar-refractivity contribution in [3.63, 3.8) is 0 Å². The number of para-hydroxylation sites is 1. The fourth-order valence-electron chi connectivity index (χ4n) is 2.41. The van der Waals surface area contributed by atoms with Gasteiger partial charge in [-0.2, -0.15) is 0 Å². The van der Waals surface area contributed by atoms with E-state index in [1.807, 2.05) is 25.1 Å². The number of hydrogen-bond donors (Lipinski definition) is 1. The molecule has 0 fully saturated rings. The fraction of sp³-hybridized carbons (Fsp3) is 0.150. The zero-order chi connectivity index (χ0) is 18.5. The molecule has 3 aromatic rings. The number of aryl methyl sites for hydroxylation is 1. The molecule has 1 unspecified atom stereocenters. The molecule has 0 amide bonds. The van der Waals surface area contributed by atoms with Crippen LogP contribution in [0, 0.1) is 6.92 Å². The first-order valence-corrected chi connectivity index (χ1v) is 9.19. The number of furan rings is 1. The third kappa shape index (κ3) is 4.28. The van der Waals surface area contributed by atoms with E-state index in [-0.39, 0.29) is 12.2 Å². The molecule has 1 aromatic heterocycles. The third-order valence-corrected chi connectivity index (χ3v) is 5.17. The number of carbonyl (C=O) groups is 1. The van der Waals surface area contributed by atoms with Gasteiger partial charge in [0.1, 0.15) is 17.6 Å². The summed E-state index contributed by atoms with van der Waals surface area (Å²) in [6.07, 6.45) is -0.200. The Labute approximate surface area is 153 Å². The lowest BCUT2D eigenvalue weighted by Gasteiger charge is -2.10. The van der Waals surface area contributed by atoms with Crippen molar-refractivity contribution < 1.29 is 23.3 Å². The topological polar surface area (TPSA) is 76.7 Å². The van der Waals surface area contributed by atoms with E-state index in [4.69, 9.17) is 9.15 Å². The van der Waals surface area contributed by atoms with Gasteiger partial charge in [0.15, 0.2) is 0 Å². The normalized spacial score (nSPS) is 13.2. The van der Waals surface area contributed by atoms with Crippen molar-refractivity contribution in [2.75, 3.05) is 0 Å². The first kappa shape index (κ1) is 18.1.